The van der Waals surface area contributed by atoms with Gasteiger partial charge in [-0.15, -0.1) is 0 Å². The zero-order valence-electron chi connectivity index (χ0n) is 5.34. The molecule has 2 heteroatoms. The van der Waals surface area contributed by atoms with Crippen LogP contribution in [0.15, 0.2) is 0 Å². The van der Waals surface area contributed by atoms with Crippen molar-refractivity contribution < 1.29 is 4.74 Å². The van der Waals surface area contributed by atoms with E-state index < -0.39 is 0 Å². The highest BCUT2D eigenvalue weighted by Crippen LogP contribution is 2.41. The predicted octanol–water partition coefficient (Wildman–Crippen LogP) is 0.278. The first kappa shape index (κ1) is 4.69. The first-order valence-electron chi connectivity index (χ1n) is 3.87. The van der Waals surface area contributed by atoms with Gasteiger partial charge in [-0.3, -0.25) is 0 Å². The molecule has 1 N–H and O–H groups in total. The van der Waals surface area contributed by atoms with Crippen molar-refractivity contribution in [3.8, 4) is 0 Å². The number of hydrogen-bond acceptors (Lipinski definition) is 2. The van der Waals surface area contributed by atoms with Gasteiger partial charge < -0.3 is 10.1 Å². The van der Waals surface area contributed by atoms with E-state index in [0.29, 0.717) is 12.2 Å². The molecule has 3 rings (SSSR count). The highest BCUT2D eigenvalue weighted by atomic mass is 16.6. The second-order valence-corrected chi connectivity index (χ2v) is 3.38. The lowest BCUT2D eigenvalue weighted by Gasteiger charge is -2.23. The lowest BCUT2D eigenvalue weighted by Crippen LogP contribution is -2.39. The van der Waals surface area contributed by atoms with Crippen LogP contribution in [0.25, 0.3) is 0 Å². The van der Waals surface area contributed by atoms with Gasteiger partial charge in [-0.05, 0) is 12.8 Å². The van der Waals surface area contributed by atoms with Crippen molar-refractivity contribution in [2.75, 3.05) is 0 Å². The Labute approximate surface area is 54.6 Å². The number of fused-ring (bicyclic) bond motifs is 5. The van der Waals surface area contributed by atoms with Gasteiger partial charge in [0.1, 0.15) is 12.2 Å². The minimum atomic E-state index is 0.623. The average molecular weight is 125 g/mol. The fourth-order valence-corrected chi connectivity index (χ4v) is 2.30. The largest absolute Gasteiger partial charge is 0.366 e. The standard InChI is InChI=1S/C7H11NO/c1-2-4-6-7(9-6)5(3-1)8-4/h4-8H,1-3H2/t4-,5+,6-,7+. The third kappa shape index (κ3) is 0.485. The molecule has 0 aromatic rings. The zero-order valence-corrected chi connectivity index (χ0v) is 5.34. The maximum atomic E-state index is 5.46. The van der Waals surface area contributed by atoms with Crippen LogP contribution in [0.4, 0.5) is 0 Å². The zero-order chi connectivity index (χ0) is 5.84. The van der Waals surface area contributed by atoms with Crippen LogP contribution in [0.3, 0.4) is 0 Å². The summed E-state index contributed by atoms with van der Waals surface area (Å²) in [6.45, 7) is 0. The van der Waals surface area contributed by atoms with Crippen molar-refractivity contribution in [2.24, 2.45) is 0 Å². The Kier molecular flexibility index (Phi) is 0.691. The summed E-state index contributed by atoms with van der Waals surface area (Å²) in [4.78, 5) is 0. The minimum absolute atomic E-state index is 0.623. The molecule has 3 heterocycles. The summed E-state index contributed by atoms with van der Waals surface area (Å²) in [7, 11) is 0. The highest BCUT2D eigenvalue weighted by Gasteiger charge is 2.57. The number of epoxide rings is 1. The van der Waals surface area contributed by atoms with Gasteiger partial charge in [0.2, 0.25) is 0 Å². The monoisotopic (exact) mass is 125 g/mol. The van der Waals surface area contributed by atoms with Crippen molar-refractivity contribution in [3.05, 3.63) is 0 Å². The fraction of sp³-hybridized carbons (Fsp3) is 1.00. The van der Waals surface area contributed by atoms with Crippen LogP contribution in [0.2, 0.25) is 0 Å². The van der Waals surface area contributed by atoms with Crippen LogP contribution < -0.4 is 5.32 Å². The Morgan fingerprint density at radius 1 is 1.11 bits per heavy atom. The van der Waals surface area contributed by atoms with Crippen LogP contribution in [-0.2, 0) is 4.74 Å². The van der Waals surface area contributed by atoms with Crippen molar-refractivity contribution >= 4 is 0 Å². The molecule has 9 heavy (non-hydrogen) atoms. The van der Waals surface area contributed by atoms with Crippen molar-refractivity contribution in [1.29, 1.82) is 0 Å². The Morgan fingerprint density at radius 3 is 2.33 bits per heavy atom. The third-order valence-corrected chi connectivity index (χ3v) is 2.81. The molecule has 0 saturated carbocycles. The molecule has 4 atom stereocenters. The molecule has 0 aromatic heterocycles. The van der Waals surface area contributed by atoms with Crippen LogP contribution >= 0.6 is 0 Å². The van der Waals surface area contributed by atoms with E-state index in [2.05, 4.69) is 5.32 Å². The Bertz CT molecular complexity index is 134. The Balaban J connectivity index is 1.92. The molecule has 3 saturated heterocycles. The smallest absolute Gasteiger partial charge is 0.101 e. The van der Waals surface area contributed by atoms with E-state index in [9.17, 15) is 0 Å². The lowest BCUT2D eigenvalue weighted by molar-refractivity contribution is 0.208. The molecule has 50 valence electrons. The lowest BCUT2D eigenvalue weighted by atomic mass is 10.1. The average Bonchev–Trinajstić information content (AvgIpc) is 2.62. The molecule has 0 unspecified atom stereocenters. The second-order valence-electron chi connectivity index (χ2n) is 3.38. The molecule has 0 aromatic carbocycles. The van der Waals surface area contributed by atoms with Crippen LogP contribution in [0.1, 0.15) is 19.3 Å². The Morgan fingerprint density at radius 2 is 1.78 bits per heavy atom. The van der Waals surface area contributed by atoms with Gasteiger partial charge in [-0.2, -0.15) is 0 Å². The number of morpholine rings is 1. The van der Waals surface area contributed by atoms with Crippen molar-refractivity contribution in [2.45, 2.75) is 43.6 Å². The predicted molar refractivity (Wildman–Crippen MR) is 33.2 cm³/mol. The molecule has 2 nitrogen and oxygen atoms in total. The number of rotatable bonds is 0. The van der Waals surface area contributed by atoms with Gasteiger partial charge in [0.25, 0.3) is 0 Å². The maximum absolute atomic E-state index is 5.46. The molecular weight excluding hydrogens is 114 g/mol. The van der Waals surface area contributed by atoms with E-state index in [4.69, 9.17) is 4.74 Å². The molecule has 3 aliphatic heterocycles. The first-order chi connectivity index (χ1) is 4.45. The first-order valence-corrected chi connectivity index (χ1v) is 3.87. The molecule has 3 fully saturated rings. The second kappa shape index (κ2) is 1.32. The maximum Gasteiger partial charge on any atom is 0.101 e. The van der Waals surface area contributed by atoms with Gasteiger partial charge in [0.15, 0.2) is 0 Å². The number of piperidine rings is 1. The van der Waals surface area contributed by atoms with Crippen LogP contribution in [0, 0.1) is 0 Å². The summed E-state index contributed by atoms with van der Waals surface area (Å²) < 4.78 is 5.46. The van der Waals surface area contributed by atoms with Crippen LogP contribution in [0.5, 0.6) is 0 Å². The van der Waals surface area contributed by atoms with Gasteiger partial charge >= 0.3 is 0 Å². The SMILES string of the molecule is C1C[C@@H]2N[C@H](C1)[C@H]1O[C@H]12. The van der Waals surface area contributed by atoms with Crippen molar-refractivity contribution in [1.82, 2.24) is 5.32 Å². The van der Waals surface area contributed by atoms with E-state index >= 15 is 0 Å². The quantitative estimate of drug-likeness (QED) is 0.470. The summed E-state index contributed by atoms with van der Waals surface area (Å²) in [5.74, 6) is 0. The summed E-state index contributed by atoms with van der Waals surface area (Å²) in [6, 6.07) is 1.46. The highest BCUT2D eigenvalue weighted by molar-refractivity contribution is 5.11. The van der Waals surface area contributed by atoms with E-state index in [1.807, 2.05) is 0 Å². The van der Waals surface area contributed by atoms with Gasteiger partial charge in [-0.1, -0.05) is 6.42 Å². The van der Waals surface area contributed by atoms with Crippen LogP contribution in [-0.4, -0.2) is 24.3 Å². The number of nitrogens with one attached hydrogen (secondary N) is 1. The molecule has 0 spiro atoms. The minimum Gasteiger partial charge on any atom is -0.366 e. The Hall–Kier alpha value is -0.0800. The summed E-state index contributed by atoms with van der Waals surface area (Å²) in [6.07, 6.45) is 5.35. The van der Waals surface area contributed by atoms with Gasteiger partial charge in [0, 0.05) is 12.1 Å². The molecule has 0 amide bonds. The molecule has 2 bridgehead atoms. The number of ether oxygens (including phenoxy) is 1. The molecular formula is C7H11NO. The van der Waals surface area contributed by atoms with Gasteiger partial charge in [0.05, 0.1) is 0 Å². The van der Waals surface area contributed by atoms with E-state index in [0.717, 1.165) is 12.1 Å². The topological polar surface area (TPSA) is 24.6 Å². The van der Waals surface area contributed by atoms with E-state index in [1.54, 1.807) is 0 Å². The third-order valence-electron chi connectivity index (χ3n) is 2.81. The van der Waals surface area contributed by atoms with E-state index in [-0.39, 0.29) is 0 Å². The normalized spacial score (nSPS) is 61.3. The number of hydrogen-bond donors (Lipinski definition) is 1. The molecule has 3 aliphatic rings. The molecule has 0 radical (unpaired) electrons. The fourth-order valence-electron chi connectivity index (χ4n) is 2.30. The molecule has 0 aliphatic carbocycles. The van der Waals surface area contributed by atoms with Crippen molar-refractivity contribution in [3.63, 3.8) is 0 Å². The van der Waals surface area contributed by atoms with Gasteiger partial charge in [-0.25, -0.2) is 0 Å². The summed E-state index contributed by atoms with van der Waals surface area (Å²) >= 11 is 0. The summed E-state index contributed by atoms with van der Waals surface area (Å²) in [5, 5.41) is 3.56. The summed E-state index contributed by atoms with van der Waals surface area (Å²) in [5.41, 5.74) is 0. The van der Waals surface area contributed by atoms with E-state index in [1.165, 1.54) is 19.3 Å².